The molecule has 33 heavy (non-hydrogen) atoms. The van der Waals surface area contributed by atoms with Gasteiger partial charge in [-0.3, -0.25) is 9.59 Å². The van der Waals surface area contributed by atoms with E-state index in [0.717, 1.165) is 32.1 Å². The van der Waals surface area contributed by atoms with E-state index in [4.69, 9.17) is 4.74 Å². The van der Waals surface area contributed by atoms with Gasteiger partial charge < -0.3 is 15.2 Å². The zero-order valence-electron chi connectivity index (χ0n) is 20.6. The Morgan fingerprint density at radius 1 is 1.30 bits per heavy atom. The second kappa shape index (κ2) is 8.90. The number of carbonyl (C=O) groups is 2. The first-order valence-corrected chi connectivity index (χ1v) is 12.4. The topological polar surface area (TPSA) is 93.5 Å². The van der Waals surface area contributed by atoms with E-state index in [9.17, 15) is 14.7 Å². The molecule has 1 aromatic rings. The quantitative estimate of drug-likeness (QED) is 0.586. The molecular formula is C26H39N3O4. The zero-order chi connectivity index (χ0) is 24.0. The minimum absolute atomic E-state index is 0.0519. The molecular weight excluding hydrogens is 418 g/mol. The largest absolute Gasteiger partial charge is 0.477 e. The van der Waals surface area contributed by atoms with Gasteiger partial charge in [-0.1, -0.05) is 19.9 Å². The van der Waals surface area contributed by atoms with Gasteiger partial charge in [-0.15, -0.1) is 0 Å². The van der Waals surface area contributed by atoms with Crippen LogP contribution in [0.1, 0.15) is 77.1 Å². The summed E-state index contributed by atoms with van der Waals surface area (Å²) in [5.74, 6) is 2.14. The van der Waals surface area contributed by atoms with E-state index in [1.54, 1.807) is 30.1 Å². The second-order valence-corrected chi connectivity index (χ2v) is 11.7. The van der Waals surface area contributed by atoms with E-state index in [1.807, 2.05) is 13.8 Å². The van der Waals surface area contributed by atoms with Crippen molar-refractivity contribution in [3.8, 4) is 5.88 Å². The molecule has 5 rings (SSSR count). The lowest BCUT2D eigenvalue weighted by atomic mass is 9.48. The smallest absolute Gasteiger partial charge is 0.258 e. The summed E-state index contributed by atoms with van der Waals surface area (Å²) in [5, 5.41) is 17.7. The first-order chi connectivity index (χ1) is 15.5. The number of allylic oxidation sites excluding steroid dienone is 1. The molecule has 4 aliphatic carbocycles. The third-order valence-electron chi connectivity index (χ3n) is 8.12. The Balaban J connectivity index is 1.54. The Bertz CT molecular complexity index is 916. The van der Waals surface area contributed by atoms with Crippen LogP contribution in [0.4, 0.5) is 0 Å². The number of amides is 1. The van der Waals surface area contributed by atoms with Crippen molar-refractivity contribution in [1.82, 2.24) is 15.1 Å². The molecule has 0 aromatic carbocycles. The Morgan fingerprint density at radius 2 is 1.97 bits per heavy atom. The van der Waals surface area contributed by atoms with Gasteiger partial charge in [0.2, 0.25) is 5.88 Å². The van der Waals surface area contributed by atoms with Gasteiger partial charge in [0.25, 0.3) is 5.91 Å². The maximum atomic E-state index is 13.4. The molecule has 7 nitrogen and oxygen atoms in total. The fraction of sp³-hybridized carbons (Fsp3) is 0.731. The maximum Gasteiger partial charge on any atom is 0.258 e. The summed E-state index contributed by atoms with van der Waals surface area (Å²) in [6, 6.07) is 0.141. The molecule has 2 atom stereocenters. The molecule has 4 saturated carbocycles. The van der Waals surface area contributed by atoms with Crippen molar-refractivity contribution in [1.29, 1.82) is 0 Å². The van der Waals surface area contributed by atoms with E-state index < -0.39 is 5.41 Å². The summed E-state index contributed by atoms with van der Waals surface area (Å²) >= 11 is 0. The summed E-state index contributed by atoms with van der Waals surface area (Å²) in [4.78, 5) is 25.3. The summed E-state index contributed by atoms with van der Waals surface area (Å²) < 4.78 is 7.58. The molecule has 4 fully saturated rings. The standard InChI is InChI=1S/C26H39N3O4/c1-16(2)14-33-24-21(13-27-29(24)7-6-25(4,5)17(3)31)23(32)28-22-19-8-18-9-20(22)12-26(10-18,11-19)15-30/h6-7,13,16,18-20,22,30H,8-12,14-15H2,1-5H3,(H,28,32)/b7-6+. The number of nitrogens with one attached hydrogen (secondary N) is 1. The molecule has 2 unspecified atom stereocenters. The van der Waals surface area contributed by atoms with Crippen LogP contribution in [0.2, 0.25) is 0 Å². The molecule has 2 N–H and O–H groups in total. The number of hydrogen-bond donors (Lipinski definition) is 2. The van der Waals surface area contributed by atoms with Crippen molar-refractivity contribution < 1.29 is 19.4 Å². The maximum absolute atomic E-state index is 13.4. The highest BCUT2D eigenvalue weighted by Gasteiger charge is 2.55. The zero-order valence-corrected chi connectivity index (χ0v) is 20.6. The van der Waals surface area contributed by atoms with Gasteiger partial charge in [0.05, 0.1) is 12.8 Å². The Labute approximate surface area is 197 Å². The number of ether oxygens (including phenoxy) is 1. The number of carbonyl (C=O) groups excluding carboxylic acids is 2. The summed E-state index contributed by atoms with van der Waals surface area (Å²) in [6.45, 7) is 10.1. The first-order valence-electron chi connectivity index (χ1n) is 12.4. The van der Waals surface area contributed by atoms with Gasteiger partial charge in [0.15, 0.2) is 0 Å². The number of aliphatic hydroxyl groups excluding tert-OH is 1. The fourth-order valence-corrected chi connectivity index (χ4v) is 6.23. The number of Topliss-reactive ketones (excluding diaryl/α,β-unsaturated/α-hetero) is 1. The van der Waals surface area contributed by atoms with Crippen LogP contribution >= 0.6 is 0 Å². The molecule has 182 valence electrons. The van der Waals surface area contributed by atoms with Crippen LogP contribution < -0.4 is 10.1 Å². The SMILES string of the molecule is CC(=O)C(C)(C)/C=C/n1ncc(C(=O)NC2C3CC4CC2CC(CO)(C4)C3)c1OCC(C)C. The molecule has 0 radical (unpaired) electrons. The van der Waals surface area contributed by atoms with Crippen molar-refractivity contribution in [3.63, 3.8) is 0 Å². The molecule has 1 heterocycles. The summed E-state index contributed by atoms with van der Waals surface area (Å²) in [5.41, 5.74) is -0.138. The molecule has 4 aliphatic rings. The van der Waals surface area contributed by atoms with Crippen molar-refractivity contribution in [3.05, 3.63) is 17.8 Å². The van der Waals surface area contributed by atoms with E-state index >= 15 is 0 Å². The third-order valence-corrected chi connectivity index (χ3v) is 8.12. The van der Waals surface area contributed by atoms with Crippen molar-refractivity contribution in [2.24, 2.45) is 34.5 Å². The number of rotatable bonds is 9. The van der Waals surface area contributed by atoms with Gasteiger partial charge in [-0.2, -0.15) is 5.10 Å². The van der Waals surface area contributed by atoms with Crippen LogP contribution in [0.3, 0.4) is 0 Å². The van der Waals surface area contributed by atoms with E-state index in [1.165, 1.54) is 0 Å². The highest BCUT2D eigenvalue weighted by Crippen LogP contribution is 2.59. The third kappa shape index (κ3) is 4.75. The Kier molecular flexibility index (Phi) is 6.47. The summed E-state index contributed by atoms with van der Waals surface area (Å²) in [7, 11) is 0. The van der Waals surface area contributed by atoms with Crippen molar-refractivity contribution >= 4 is 17.9 Å². The van der Waals surface area contributed by atoms with Crippen LogP contribution in [0.25, 0.3) is 6.20 Å². The normalized spacial score (nSPS) is 30.9. The van der Waals surface area contributed by atoms with Crippen molar-refractivity contribution in [2.75, 3.05) is 13.2 Å². The molecule has 0 spiro atoms. The van der Waals surface area contributed by atoms with Crippen molar-refractivity contribution in [2.45, 2.75) is 72.8 Å². The highest BCUT2D eigenvalue weighted by atomic mass is 16.5. The predicted molar refractivity (Wildman–Crippen MR) is 127 cm³/mol. The predicted octanol–water partition coefficient (Wildman–Crippen LogP) is 3.92. The lowest BCUT2D eigenvalue weighted by molar-refractivity contribution is -0.122. The average Bonchev–Trinajstić information content (AvgIpc) is 3.15. The highest BCUT2D eigenvalue weighted by molar-refractivity contribution is 5.96. The molecule has 7 heteroatoms. The van der Waals surface area contributed by atoms with E-state index in [-0.39, 0.29) is 29.8 Å². The average molecular weight is 458 g/mol. The van der Waals surface area contributed by atoms with E-state index in [0.29, 0.717) is 41.7 Å². The number of aliphatic hydroxyl groups is 1. The van der Waals surface area contributed by atoms with Gasteiger partial charge >= 0.3 is 0 Å². The fourth-order valence-electron chi connectivity index (χ4n) is 6.23. The van der Waals surface area contributed by atoms with E-state index in [2.05, 4.69) is 24.3 Å². The summed E-state index contributed by atoms with van der Waals surface area (Å²) in [6.07, 6.45) is 10.5. The van der Waals surface area contributed by atoms with Crippen LogP contribution in [0.15, 0.2) is 12.3 Å². The minimum atomic E-state index is -0.632. The number of hydrogen-bond acceptors (Lipinski definition) is 5. The monoisotopic (exact) mass is 457 g/mol. The van der Waals surface area contributed by atoms with Gasteiger partial charge in [-0.05, 0) is 82.0 Å². The van der Waals surface area contributed by atoms with Gasteiger partial charge in [0, 0.05) is 24.3 Å². The first kappa shape index (κ1) is 24.0. The molecule has 0 aliphatic heterocycles. The van der Waals surface area contributed by atoms with Crippen LogP contribution in [-0.2, 0) is 4.79 Å². The molecule has 1 aromatic heterocycles. The van der Waals surface area contributed by atoms with Gasteiger partial charge in [0.1, 0.15) is 11.3 Å². The Morgan fingerprint density at radius 3 is 2.55 bits per heavy atom. The van der Waals surface area contributed by atoms with Gasteiger partial charge in [-0.25, -0.2) is 4.68 Å². The van der Waals surface area contributed by atoms with Crippen LogP contribution in [-0.4, -0.2) is 45.8 Å². The second-order valence-electron chi connectivity index (χ2n) is 11.7. The number of aromatic nitrogens is 2. The molecule has 0 saturated heterocycles. The molecule has 1 amide bonds. The number of nitrogens with zero attached hydrogens (tertiary/aromatic N) is 2. The minimum Gasteiger partial charge on any atom is -0.477 e. The lowest BCUT2D eigenvalue weighted by Crippen LogP contribution is -2.60. The molecule has 4 bridgehead atoms. The number of ketones is 1. The van der Waals surface area contributed by atoms with Crippen LogP contribution in [0.5, 0.6) is 5.88 Å². The Hall–Kier alpha value is -2.15. The van der Waals surface area contributed by atoms with Crippen LogP contribution in [0, 0.1) is 34.5 Å². The lowest BCUT2D eigenvalue weighted by Gasteiger charge is -2.59.